The molecule has 3 fully saturated rings. The number of allylic oxidation sites excluding steroid dienone is 1. The van der Waals surface area contributed by atoms with Gasteiger partial charge in [0.1, 0.15) is 18.3 Å². The summed E-state index contributed by atoms with van der Waals surface area (Å²) < 4.78 is 28.5. The van der Waals surface area contributed by atoms with E-state index in [4.69, 9.17) is 23.7 Å². The molecule has 3 heterocycles. The van der Waals surface area contributed by atoms with E-state index in [2.05, 4.69) is 0 Å². The summed E-state index contributed by atoms with van der Waals surface area (Å²) in [4.78, 5) is 0. The van der Waals surface area contributed by atoms with Crippen molar-refractivity contribution < 1.29 is 23.7 Å². The Balaban J connectivity index is 1.72. The van der Waals surface area contributed by atoms with Crippen molar-refractivity contribution in [3.8, 4) is 0 Å². The van der Waals surface area contributed by atoms with Crippen LogP contribution in [0.15, 0.2) is 12.2 Å². The molecule has 5 nitrogen and oxygen atoms in total. The minimum atomic E-state index is -0.599. The van der Waals surface area contributed by atoms with Crippen LogP contribution in [0.4, 0.5) is 0 Å². The van der Waals surface area contributed by atoms with Crippen molar-refractivity contribution in [3.05, 3.63) is 12.2 Å². The Kier molecular flexibility index (Phi) is 2.76. The molecule has 3 aliphatic rings. The summed E-state index contributed by atoms with van der Waals surface area (Å²) >= 11 is 0. The van der Waals surface area contributed by atoms with Crippen molar-refractivity contribution in [2.75, 3.05) is 6.61 Å². The third-order valence-corrected chi connectivity index (χ3v) is 3.15. The first-order valence-electron chi connectivity index (χ1n) is 6.00. The maximum atomic E-state index is 5.82. The van der Waals surface area contributed by atoms with Gasteiger partial charge in [-0.2, -0.15) is 0 Å². The summed E-state index contributed by atoms with van der Waals surface area (Å²) in [5.74, 6) is -0.599. The average Bonchev–Trinajstić information content (AvgIpc) is 2.71. The minimum Gasteiger partial charge on any atom is -0.346 e. The Morgan fingerprint density at radius 2 is 1.94 bits per heavy atom. The fourth-order valence-electron chi connectivity index (χ4n) is 2.49. The van der Waals surface area contributed by atoms with Crippen LogP contribution in [0.2, 0.25) is 0 Å². The van der Waals surface area contributed by atoms with Crippen LogP contribution in [0.5, 0.6) is 0 Å². The highest BCUT2D eigenvalue weighted by molar-refractivity contribution is 4.97. The maximum Gasteiger partial charge on any atom is 0.190 e. The van der Waals surface area contributed by atoms with Crippen molar-refractivity contribution in [2.24, 2.45) is 0 Å². The molecule has 0 bridgehead atoms. The van der Waals surface area contributed by atoms with E-state index in [-0.39, 0.29) is 30.9 Å². The van der Waals surface area contributed by atoms with Gasteiger partial charge in [0.25, 0.3) is 0 Å². The van der Waals surface area contributed by atoms with E-state index >= 15 is 0 Å². The van der Waals surface area contributed by atoms with Gasteiger partial charge in [-0.25, -0.2) is 0 Å². The molecule has 0 spiro atoms. The fourth-order valence-corrected chi connectivity index (χ4v) is 2.49. The van der Waals surface area contributed by atoms with Crippen LogP contribution >= 0.6 is 0 Å². The van der Waals surface area contributed by atoms with Crippen molar-refractivity contribution in [2.45, 2.75) is 57.5 Å². The second kappa shape index (κ2) is 4.03. The molecule has 96 valence electrons. The molecular weight excluding hydrogens is 224 g/mol. The zero-order valence-corrected chi connectivity index (χ0v) is 10.3. The molecule has 0 saturated carbocycles. The van der Waals surface area contributed by atoms with Gasteiger partial charge in [-0.1, -0.05) is 6.08 Å². The first-order chi connectivity index (χ1) is 8.09. The third-order valence-electron chi connectivity index (χ3n) is 3.15. The Morgan fingerprint density at radius 1 is 1.12 bits per heavy atom. The fraction of sp³-hybridized carbons (Fsp3) is 0.833. The Bertz CT molecular complexity index is 327. The van der Waals surface area contributed by atoms with Crippen LogP contribution in [0, 0.1) is 0 Å². The van der Waals surface area contributed by atoms with Crippen LogP contribution < -0.4 is 0 Å². The smallest absolute Gasteiger partial charge is 0.190 e. The molecule has 0 aromatic rings. The van der Waals surface area contributed by atoms with Crippen LogP contribution in [-0.4, -0.2) is 43.3 Å². The topological polar surface area (TPSA) is 46.2 Å². The summed E-state index contributed by atoms with van der Waals surface area (Å²) in [5.41, 5.74) is 0. The highest BCUT2D eigenvalue weighted by Crippen LogP contribution is 2.40. The summed E-state index contributed by atoms with van der Waals surface area (Å²) in [5, 5.41) is 0. The highest BCUT2D eigenvalue weighted by Gasteiger charge is 2.57. The molecule has 0 aromatic heterocycles. The second-order valence-electron chi connectivity index (χ2n) is 4.97. The molecule has 3 aliphatic heterocycles. The van der Waals surface area contributed by atoms with E-state index < -0.39 is 5.79 Å². The molecule has 0 amide bonds. The van der Waals surface area contributed by atoms with Gasteiger partial charge in [0.2, 0.25) is 0 Å². The van der Waals surface area contributed by atoms with E-state index in [1.165, 1.54) is 0 Å². The molecule has 0 aliphatic carbocycles. The van der Waals surface area contributed by atoms with Crippen LogP contribution in [0.3, 0.4) is 0 Å². The normalized spacial score (nSPS) is 48.3. The van der Waals surface area contributed by atoms with E-state index in [9.17, 15) is 0 Å². The number of rotatable bonds is 1. The average molecular weight is 242 g/mol. The van der Waals surface area contributed by atoms with Crippen LogP contribution in [0.25, 0.3) is 0 Å². The quantitative estimate of drug-likeness (QED) is 0.646. The van der Waals surface area contributed by atoms with Gasteiger partial charge in [-0.05, 0) is 26.8 Å². The van der Waals surface area contributed by atoms with Crippen LogP contribution in [0.1, 0.15) is 20.8 Å². The van der Waals surface area contributed by atoms with Gasteiger partial charge in [0.05, 0.1) is 6.61 Å². The number of ether oxygens (including phenoxy) is 5. The summed E-state index contributed by atoms with van der Waals surface area (Å²) in [6.45, 7) is 6.21. The molecule has 3 saturated heterocycles. The van der Waals surface area contributed by atoms with Crippen molar-refractivity contribution in [3.63, 3.8) is 0 Å². The van der Waals surface area contributed by atoms with Crippen molar-refractivity contribution >= 4 is 0 Å². The maximum absolute atomic E-state index is 5.82. The van der Waals surface area contributed by atoms with E-state index in [0.29, 0.717) is 6.61 Å². The highest BCUT2D eigenvalue weighted by atomic mass is 16.9. The molecule has 5 heteroatoms. The summed E-state index contributed by atoms with van der Waals surface area (Å²) in [7, 11) is 0. The lowest BCUT2D eigenvalue weighted by Gasteiger charge is -2.32. The monoisotopic (exact) mass is 242 g/mol. The van der Waals surface area contributed by atoms with Gasteiger partial charge >= 0.3 is 0 Å². The van der Waals surface area contributed by atoms with Gasteiger partial charge < -0.3 is 23.7 Å². The first kappa shape index (κ1) is 11.6. The number of hydrogen-bond donors (Lipinski definition) is 0. The molecule has 3 rings (SSSR count). The molecule has 0 radical (unpaired) electrons. The molecular formula is C12H18O5. The van der Waals surface area contributed by atoms with Gasteiger partial charge in [-0.15, -0.1) is 0 Å². The van der Waals surface area contributed by atoms with Gasteiger partial charge in [0.15, 0.2) is 18.4 Å². The van der Waals surface area contributed by atoms with Crippen LogP contribution in [-0.2, 0) is 23.7 Å². The third kappa shape index (κ3) is 2.02. The molecule has 0 N–H and O–H groups in total. The van der Waals surface area contributed by atoms with E-state index in [0.717, 1.165) is 0 Å². The largest absolute Gasteiger partial charge is 0.346 e. The van der Waals surface area contributed by atoms with E-state index in [1.807, 2.05) is 32.9 Å². The Morgan fingerprint density at radius 3 is 2.71 bits per heavy atom. The Hall–Kier alpha value is -0.460. The van der Waals surface area contributed by atoms with E-state index in [1.54, 1.807) is 0 Å². The predicted molar refractivity (Wildman–Crippen MR) is 58.1 cm³/mol. The molecule has 17 heavy (non-hydrogen) atoms. The first-order valence-corrected chi connectivity index (χ1v) is 6.00. The molecule has 5 atom stereocenters. The Labute approximate surface area is 101 Å². The zero-order chi connectivity index (χ0) is 12.0. The predicted octanol–water partition coefficient (Wildman–Crippen LogP) is 1.18. The minimum absolute atomic E-state index is 0.0948. The molecule has 0 aromatic carbocycles. The zero-order valence-electron chi connectivity index (χ0n) is 10.3. The number of fused-ring (bicyclic) bond motifs is 3. The summed E-state index contributed by atoms with van der Waals surface area (Å²) in [6.07, 6.45) is 2.77. The number of hydrogen-bond acceptors (Lipinski definition) is 5. The lowest BCUT2D eigenvalue weighted by molar-refractivity contribution is -0.270. The van der Waals surface area contributed by atoms with Gasteiger partial charge in [0, 0.05) is 0 Å². The van der Waals surface area contributed by atoms with Gasteiger partial charge in [-0.3, -0.25) is 0 Å². The van der Waals surface area contributed by atoms with Crippen molar-refractivity contribution in [1.29, 1.82) is 0 Å². The lowest BCUT2D eigenvalue weighted by Crippen LogP contribution is -2.46. The van der Waals surface area contributed by atoms with Crippen molar-refractivity contribution in [1.82, 2.24) is 0 Å². The second-order valence-corrected chi connectivity index (χ2v) is 4.97. The SMILES string of the molecule is C/C=C/[C@H]1OC[C@H]2O[C@@H]3OC(C)(C)O[C@@H]3[C@H]2O1. The standard InChI is InChI=1S/C12H18O5/c1-4-5-8-13-6-7-9(15-8)10-11(14-7)17-12(2,3)16-10/h4-5,7-11H,6H2,1-3H3/b5-4+/t7-,8+,9+,10-,11-/m1/s1. The lowest BCUT2D eigenvalue weighted by atomic mass is 10.1. The molecule has 0 unspecified atom stereocenters. The summed E-state index contributed by atoms with van der Waals surface area (Å²) in [6, 6.07) is 0.